The molecule has 0 heteroatoms. The number of hydrogen-bond acceptors (Lipinski definition) is 0. The van der Waals surface area contributed by atoms with E-state index in [2.05, 4.69) is 63.2 Å². The predicted molar refractivity (Wildman–Crippen MR) is 92.4 cm³/mol. The van der Waals surface area contributed by atoms with Crippen LogP contribution in [0.25, 0.3) is 11.1 Å². The lowest BCUT2D eigenvalue weighted by Gasteiger charge is -2.13. The number of benzene rings is 2. The highest BCUT2D eigenvalue weighted by atomic mass is 14.3. The zero-order valence-corrected chi connectivity index (χ0v) is 13.4. The molecule has 0 bridgehead atoms. The van der Waals surface area contributed by atoms with Gasteiger partial charge in [0.2, 0.25) is 0 Å². The Bertz CT molecular complexity index is 689. The van der Waals surface area contributed by atoms with Crippen molar-refractivity contribution in [2.75, 3.05) is 0 Å². The molecule has 108 valence electrons. The maximum absolute atomic E-state index is 2.30. The zero-order valence-electron chi connectivity index (χ0n) is 13.4. The van der Waals surface area contributed by atoms with Gasteiger partial charge in [0, 0.05) is 0 Å². The van der Waals surface area contributed by atoms with Crippen molar-refractivity contribution >= 4 is 11.1 Å². The summed E-state index contributed by atoms with van der Waals surface area (Å²) in [6, 6.07) is 15.7. The minimum atomic E-state index is 1.10. The Hall–Kier alpha value is -1.82. The third kappa shape index (κ3) is 2.55. The van der Waals surface area contributed by atoms with Crippen LogP contribution in [0.4, 0.5) is 0 Å². The van der Waals surface area contributed by atoms with Gasteiger partial charge >= 0.3 is 0 Å². The molecule has 0 fully saturated rings. The van der Waals surface area contributed by atoms with E-state index in [-0.39, 0.29) is 0 Å². The second-order valence-electron chi connectivity index (χ2n) is 6.14. The normalized spacial score (nSPS) is 13.7. The molecule has 1 aliphatic carbocycles. The van der Waals surface area contributed by atoms with Crippen molar-refractivity contribution in [1.82, 2.24) is 0 Å². The Morgan fingerprint density at radius 2 is 1.67 bits per heavy atom. The first kappa shape index (κ1) is 14.1. The molecule has 0 spiro atoms. The van der Waals surface area contributed by atoms with Gasteiger partial charge in [-0.1, -0.05) is 55.8 Å². The maximum atomic E-state index is 2.30. The van der Waals surface area contributed by atoms with Crippen LogP contribution >= 0.6 is 0 Å². The first-order valence-corrected chi connectivity index (χ1v) is 8.09. The smallest absolute Gasteiger partial charge is 0.00107 e. The summed E-state index contributed by atoms with van der Waals surface area (Å²) < 4.78 is 0. The molecule has 21 heavy (non-hydrogen) atoms. The molecule has 0 unspecified atom stereocenters. The number of unbranched alkanes of at least 4 members (excludes halogenated alkanes) is 1. The summed E-state index contributed by atoms with van der Waals surface area (Å²) in [5, 5.41) is 0. The quantitative estimate of drug-likeness (QED) is 0.646. The van der Waals surface area contributed by atoms with E-state index in [1.54, 1.807) is 11.1 Å². The van der Waals surface area contributed by atoms with Gasteiger partial charge in [0.1, 0.15) is 0 Å². The maximum Gasteiger partial charge on any atom is -0.00107 e. The monoisotopic (exact) mass is 276 g/mol. The van der Waals surface area contributed by atoms with Gasteiger partial charge in [-0.05, 0) is 72.1 Å². The van der Waals surface area contributed by atoms with Crippen molar-refractivity contribution in [1.29, 1.82) is 0 Å². The standard InChI is InChI=1S/C21H24/c1-4-5-11-20-19-12-7-6-10-17(19)14-21(20)18-13-8-9-15(2)16(18)3/h6-10,12-13H,4-5,11,14H2,1-3H3. The Morgan fingerprint density at radius 1 is 0.905 bits per heavy atom. The summed E-state index contributed by atoms with van der Waals surface area (Å²) in [7, 11) is 0. The van der Waals surface area contributed by atoms with Gasteiger partial charge < -0.3 is 0 Å². The van der Waals surface area contributed by atoms with E-state index in [0.717, 1.165) is 6.42 Å². The highest BCUT2D eigenvalue weighted by Crippen LogP contribution is 2.42. The van der Waals surface area contributed by atoms with E-state index in [1.807, 2.05) is 0 Å². The Kier molecular flexibility index (Phi) is 3.96. The van der Waals surface area contributed by atoms with Crippen molar-refractivity contribution in [3.8, 4) is 0 Å². The fraction of sp³-hybridized carbons (Fsp3) is 0.333. The average Bonchev–Trinajstić information content (AvgIpc) is 2.86. The van der Waals surface area contributed by atoms with E-state index in [0.29, 0.717) is 0 Å². The Morgan fingerprint density at radius 3 is 2.48 bits per heavy atom. The van der Waals surface area contributed by atoms with Crippen LogP contribution in [0.15, 0.2) is 42.5 Å². The Balaban J connectivity index is 2.12. The third-order valence-corrected chi connectivity index (χ3v) is 4.78. The van der Waals surface area contributed by atoms with Crippen molar-refractivity contribution < 1.29 is 0 Å². The van der Waals surface area contributed by atoms with E-state index in [9.17, 15) is 0 Å². The van der Waals surface area contributed by atoms with Crippen LogP contribution in [-0.2, 0) is 6.42 Å². The lowest BCUT2D eigenvalue weighted by molar-refractivity contribution is 0.825. The molecular formula is C21H24. The van der Waals surface area contributed by atoms with Gasteiger partial charge in [0.05, 0.1) is 0 Å². The summed E-state index contributed by atoms with van der Waals surface area (Å²) in [5.74, 6) is 0. The fourth-order valence-corrected chi connectivity index (χ4v) is 3.40. The third-order valence-electron chi connectivity index (χ3n) is 4.78. The van der Waals surface area contributed by atoms with Crippen LogP contribution < -0.4 is 0 Å². The number of rotatable bonds is 4. The molecule has 0 radical (unpaired) electrons. The summed E-state index contributed by atoms with van der Waals surface area (Å²) in [5.41, 5.74) is 10.4. The number of aryl methyl sites for hydroxylation is 1. The molecule has 0 aromatic heterocycles. The second kappa shape index (κ2) is 5.89. The van der Waals surface area contributed by atoms with Crippen LogP contribution in [0.1, 0.15) is 54.0 Å². The molecule has 0 heterocycles. The minimum absolute atomic E-state index is 1.10. The molecule has 1 aliphatic rings. The second-order valence-corrected chi connectivity index (χ2v) is 6.14. The SMILES string of the molecule is CCCCC1=C(c2cccc(C)c2C)Cc2ccccc21. The highest BCUT2D eigenvalue weighted by molar-refractivity contribution is 5.97. The van der Waals surface area contributed by atoms with E-state index >= 15 is 0 Å². The predicted octanol–water partition coefficient (Wildman–Crippen LogP) is 5.96. The summed E-state index contributed by atoms with van der Waals surface area (Å²) >= 11 is 0. The molecule has 0 saturated heterocycles. The topological polar surface area (TPSA) is 0 Å². The molecule has 2 aromatic carbocycles. The molecule has 3 rings (SSSR count). The van der Waals surface area contributed by atoms with Gasteiger partial charge in [-0.15, -0.1) is 0 Å². The van der Waals surface area contributed by atoms with Crippen LogP contribution in [0, 0.1) is 13.8 Å². The molecule has 0 aliphatic heterocycles. The molecule has 2 aromatic rings. The van der Waals surface area contributed by atoms with E-state index in [4.69, 9.17) is 0 Å². The lowest BCUT2D eigenvalue weighted by Crippen LogP contribution is -1.93. The number of allylic oxidation sites excluding steroid dienone is 2. The average molecular weight is 276 g/mol. The van der Waals surface area contributed by atoms with Crippen molar-refractivity contribution in [2.45, 2.75) is 46.5 Å². The van der Waals surface area contributed by atoms with Crippen LogP contribution in [0.5, 0.6) is 0 Å². The minimum Gasteiger partial charge on any atom is -0.0654 e. The lowest BCUT2D eigenvalue weighted by atomic mass is 9.92. The van der Waals surface area contributed by atoms with Crippen LogP contribution in [0.3, 0.4) is 0 Å². The molecule has 0 saturated carbocycles. The zero-order chi connectivity index (χ0) is 14.8. The van der Waals surface area contributed by atoms with Crippen LogP contribution in [-0.4, -0.2) is 0 Å². The largest absolute Gasteiger partial charge is 0.0654 e. The van der Waals surface area contributed by atoms with Gasteiger partial charge in [-0.3, -0.25) is 0 Å². The number of hydrogen-bond donors (Lipinski definition) is 0. The molecule has 0 amide bonds. The summed E-state index contributed by atoms with van der Waals surface area (Å²) in [4.78, 5) is 0. The Labute approximate surface area is 128 Å². The molecule has 0 nitrogen and oxygen atoms in total. The summed E-state index contributed by atoms with van der Waals surface area (Å²) in [6.07, 6.45) is 4.83. The van der Waals surface area contributed by atoms with Crippen molar-refractivity contribution in [2.24, 2.45) is 0 Å². The first-order chi connectivity index (χ1) is 10.2. The van der Waals surface area contributed by atoms with Gasteiger partial charge in [0.15, 0.2) is 0 Å². The first-order valence-electron chi connectivity index (χ1n) is 8.09. The van der Waals surface area contributed by atoms with E-state index in [1.165, 1.54) is 47.1 Å². The van der Waals surface area contributed by atoms with Crippen molar-refractivity contribution in [3.05, 3.63) is 70.3 Å². The van der Waals surface area contributed by atoms with Gasteiger partial charge in [-0.2, -0.15) is 0 Å². The summed E-state index contributed by atoms with van der Waals surface area (Å²) in [6.45, 7) is 6.75. The van der Waals surface area contributed by atoms with Gasteiger partial charge in [0.25, 0.3) is 0 Å². The fourth-order valence-electron chi connectivity index (χ4n) is 3.40. The van der Waals surface area contributed by atoms with E-state index < -0.39 is 0 Å². The molecule has 0 atom stereocenters. The van der Waals surface area contributed by atoms with Crippen molar-refractivity contribution in [3.63, 3.8) is 0 Å². The van der Waals surface area contributed by atoms with Gasteiger partial charge in [-0.25, -0.2) is 0 Å². The highest BCUT2D eigenvalue weighted by Gasteiger charge is 2.22. The van der Waals surface area contributed by atoms with Crippen LogP contribution in [0.2, 0.25) is 0 Å². The molecular weight excluding hydrogens is 252 g/mol. The molecule has 0 N–H and O–H groups in total. The number of fused-ring (bicyclic) bond motifs is 1.